The first-order valence-corrected chi connectivity index (χ1v) is 22.5. The monoisotopic (exact) mass is 998 g/mol. The van der Waals surface area contributed by atoms with Crippen LogP contribution in [0.1, 0.15) is 51.8 Å². The Balaban J connectivity index is -0.000000149. The molecule has 0 radical (unpaired) electrons. The maximum Gasteiger partial charge on any atom is 0.338 e. The Hall–Kier alpha value is -4.98. The number of nitrogens with two attached hydrogens (primary N) is 2. The van der Waals surface area contributed by atoms with Crippen molar-refractivity contribution in [2.75, 3.05) is 59.5 Å². The summed E-state index contributed by atoms with van der Waals surface area (Å²) in [4.78, 5) is 74.9. The van der Waals surface area contributed by atoms with E-state index >= 15 is 0 Å². The van der Waals surface area contributed by atoms with Crippen molar-refractivity contribution in [2.24, 2.45) is 10.9 Å². The molecule has 354 valence electrons. The quantitative estimate of drug-likeness (QED) is 0.0785. The van der Waals surface area contributed by atoms with Crippen LogP contribution in [0.2, 0.25) is 0 Å². The Morgan fingerprint density at radius 1 is 0.639 bits per heavy atom. The first-order chi connectivity index (χ1) is 27.3. The highest BCUT2D eigenvalue weighted by atomic mass is 79.9. The summed E-state index contributed by atoms with van der Waals surface area (Å²) in [5.74, 6) is -2.56. The lowest BCUT2D eigenvalue weighted by atomic mass is 10.4. The number of rotatable bonds is 12. The second kappa shape index (κ2) is 39.2. The molecule has 0 fully saturated rings. The highest BCUT2D eigenvalue weighted by molar-refractivity contribution is 7.89. The molecule has 3 aromatic rings. The van der Waals surface area contributed by atoms with Crippen LogP contribution in [0, 0.1) is 0 Å². The van der Waals surface area contributed by atoms with Crippen LogP contribution in [0.5, 0.6) is 0 Å². The van der Waals surface area contributed by atoms with E-state index in [0.29, 0.717) is 19.5 Å². The molecular weight excluding hydrogens is 939 g/mol. The van der Waals surface area contributed by atoms with Crippen LogP contribution in [-0.4, -0.2) is 154 Å². The van der Waals surface area contributed by atoms with E-state index in [1.165, 1.54) is 39.7 Å². The number of nitrogens with zero attached hydrogens (tertiary/aromatic N) is 6. The molecule has 3 rings (SSSR count). The number of primary sulfonamides is 1. The Bertz CT molecular complexity index is 1900. The molecule has 0 aliphatic carbocycles. The summed E-state index contributed by atoms with van der Waals surface area (Å²) in [6, 6.07) is -0.190. The molecule has 0 unspecified atom stereocenters. The minimum Gasteiger partial charge on any atom is -1.00 e. The molecule has 0 saturated carbocycles. The van der Waals surface area contributed by atoms with Gasteiger partial charge in [0.2, 0.25) is 53.7 Å². The molecule has 0 aliphatic rings. The average Bonchev–Trinajstić information content (AvgIpc) is 3.94. The smallest absolute Gasteiger partial charge is 0.338 e. The normalized spacial score (nSPS) is 9.67. The highest BCUT2D eigenvalue weighted by Gasteiger charge is 2.07. The molecule has 0 spiro atoms. The summed E-state index contributed by atoms with van der Waals surface area (Å²) in [5.41, 5.74) is 4.99. The van der Waals surface area contributed by atoms with Gasteiger partial charge in [0.05, 0.1) is 18.8 Å². The zero-order valence-electron chi connectivity index (χ0n) is 34.4. The maximum absolute atomic E-state index is 11.4. The minimum absolute atomic E-state index is 0. The van der Waals surface area contributed by atoms with E-state index < -0.39 is 60.2 Å². The van der Waals surface area contributed by atoms with Gasteiger partial charge in [0, 0.05) is 83.1 Å². The third-order valence-corrected chi connectivity index (χ3v) is 6.19. The van der Waals surface area contributed by atoms with E-state index in [2.05, 4.69) is 36.0 Å². The minimum atomic E-state index is -3.40. The van der Waals surface area contributed by atoms with Crippen LogP contribution in [-0.2, 0) is 49.2 Å². The van der Waals surface area contributed by atoms with Gasteiger partial charge in [0.1, 0.15) is 25.4 Å². The lowest BCUT2D eigenvalue weighted by Gasteiger charge is -2.00. The third-order valence-electron chi connectivity index (χ3n) is 4.99. The number of nitrogens with one attached hydrogen (secondary N) is 5. The van der Waals surface area contributed by atoms with Crippen LogP contribution in [0.25, 0.3) is 0 Å². The summed E-state index contributed by atoms with van der Waals surface area (Å²) >= 11 is 0. The number of hydrogen-bond acceptors (Lipinski definition) is 18. The van der Waals surface area contributed by atoms with Crippen LogP contribution in [0.4, 0.5) is 4.79 Å². The van der Waals surface area contributed by atoms with Crippen molar-refractivity contribution in [3.8, 4) is 0 Å². The Morgan fingerprint density at radius 2 is 0.984 bits per heavy atom. The summed E-state index contributed by atoms with van der Waals surface area (Å²) in [6.07, 6.45) is 17.0. The summed E-state index contributed by atoms with van der Waals surface area (Å²) in [6.45, 7) is 5.33. The van der Waals surface area contributed by atoms with Crippen LogP contribution < -0.4 is 53.2 Å². The molecule has 0 atom stereocenters. The molecule has 3 amide bonds. The molecule has 61 heavy (non-hydrogen) atoms. The second-order valence-electron chi connectivity index (χ2n) is 10.5. The predicted octanol–water partition coefficient (Wildman–Crippen LogP) is -5.41. The molecule has 0 aliphatic heterocycles. The Morgan fingerprint density at radius 3 is 1.25 bits per heavy atom. The van der Waals surface area contributed by atoms with E-state index in [9.17, 15) is 54.0 Å². The first-order valence-electron chi connectivity index (χ1n) is 16.7. The zero-order chi connectivity index (χ0) is 46.7. The van der Waals surface area contributed by atoms with Crippen molar-refractivity contribution in [1.29, 1.82) is 0 Å². The number of halogens is 1. The fourth-order valence-corrected chi connectivity index (χ4v) is 3.79. The summed E-state index contributed by atoms with van der Waals surface area (Å²) in [5, 5.41) is 20.1. The fraction of sp³-hybridized carbons (Fsp3) is 0.516. The van der Waals surface area contributed by atoms with Gasteiger partial charge in [-0.1, -0.05) is 21.3 Å². The van der Waals surface area contributed by atoms with Crippen molar-refractivity contribution < 1.29 is 76.1 Å². The second-order valence-corrected chi connectivity index (χ2v) is 15.7. The largest absolute Gasteiger partial charge is 1.00 e. The van der Waals surface area contributed by atoms with Gasteiger partial charge in [-0.25, -0.2) is 50.1 Å². The number of hydrogen-bond donors (Lipinski definition) is 8. The molecule has 10 N–H and O–H groups in total. The van der Waals surface area contributed by atoms with Crippen LogP contribution in [0.15, 0.2) is 56.2 Å². The SMILES string of the molecule is C.CC.CNC(=O)CC(=O)O.CNCCC(=O)NS(C)(=O)=O.CNCCC(=O)n1ccnc1.CS(=O)(=O)NC(=O)CCN.CS(N)(=O)=O.O=C(n1ccnc1)n1ccnc1.[Br-]. The maximum atomic E-state index is 11.4. The van der Waals surface area contributed by atoms with Gasteiger partial charge in [-0.05, 0) is 14.1 Å². The molecule has 26 nitrogen and oxygen atoms in total. The van der Waals surface area contributed by atoms with E-state index in [-0.39, 0.29) is 55.7 Å². The van der Waals surface area contributed by atoms with Gasteiger partial charge in [-0.2, -0.15) is 0 Å². The number of carboxylic acids is 1. The van der Waals surface area contributed by atoms with Gasteiger partial charge in [0.25, 0.3) is 0 Å². The molecule has 0 saturated heterocycles. The van der Waals surface area contributed by atoms with Gasteiger partial charge in [0.15, 0.2) is 0 Å². The van der Waals surface area contributed by atoms with E-state index in [0.717, 1.165) is 18.8 Å². The number of amides is 3. The average molecular weight is 1000 g/mol. The number of carboxylic acid groups (broad SMARTS) is 1. The predicted molar refractivity (Wildman–Crippen MR) is 224 cm³/mol. The number of carbonyl (C=O) groups is 6. The van der Waals surface area contributed by atoms with Crippen molar-refractivity contribution in [3.63, 3.8) is 0 Å². The van der Waals surface area contributed by atoms with Crippen LogP contribution >= 0.6 is 0 Å². The third kappa shape index (κ3) is 51.1. The van der Waals surface area contributed by atoms with Crippen molar-refractivity contribution in [3.05, 3.63) is 56.2 Å². The molecule has 3 heterocycles. The standard InChI is InChI=1S/C7H6N4O.C7H11N3O.C5H12N2O3S.C4H10N2O3S.C4H7NO3.C2H6.CH5NO2S.CH4.BrH/c12-7(10-3-1-8-5-10)11-4-2-9-6-11;1-8-3-2-7(11)10-5-4-9-6-10;1-6-4-3-5(8)7-11(2,9)10;1-10(8,9)6-4(7)2-3-5;1-5-3(6)2-4(7)8;1-2;1-5(2,3)4;;/h1-6H;4-6,8H,2-3H2,1H3;6H,3-4H2,1-2H3,(H,7,8);2-3,5H2,1H3,(H,6,7);2H2,1H3,(H,5,6)(H,7,8);1-2H3;1H3,(H2,2,3,4);1H4;1H/p-1. The fourth-order valence-electron chi connectivity index (χ4n) is 2.76. The molecular formula is C31H61BrN13O13S3-. The summed E-state index contributed by atoms with van der Waals surface area (Å²) < 4.78 is 68.3. The Kier molecular flexibility index (Phi) is 43.5. The highest BCUT2D eigenvalue weighted by Crippen LogP contribution is 1.92. The van der Waals surface area contributed by atoms with Crippen molar-refractivity contribution in [2.45, 2.75) is 47.0 Å². The lowest BCUT2D eigenvalue weighted by molar-refractivity contribution is -0.140. The van der Waals surface area contributed by atoms with Gasteiger partial charge in [-0.3, -0.25) is 47.1 Å². The number of carbonyl (C=O) groups excluding carboxylic acids is 5. The number of aromatic nitrogens is 6. The number of imidazole rings is 3. The zero-order valence-corrected chi connectivity index (χ0v) is 38.5. The molecule has 30 heteroatoms. The van der Waals surface area contributed by atoms with Crippen molar-refractivity contribution in [1.82, 2.24) is 54.0 Å². The van der Waals surface area contributed by atoms with Gasteiger partial charge >= 0.3 is 12.0 Å². The van der Waals surface area contributed by atoms with Gasteiger partial charge in [-0.15, -0.1) is 0 Å². The van der Waals surface area contributed by atoms with E-state index in [1.54, 1.807) is 49.0 Å². The number of sulfonamides is 3. The first kappa shape index (κ1) is 67.8. The van der Waals surface area contributed by atoms with Crippen molar-refractivity contribution >= 4 is 65.7 Å². The lowest BCUT2D eigenvalue weighted by Crippen LogP contribution is -3.00. The van der Waals surface area contributed by atoms with E-state index in [1.807, 2.05) is 25.6 Å². The Labute approximate surface area is 368 Å². The molecule has 3 aromatic heterocycles. The van der Waals surface area contributed by atoms with E-state index in [4.69, 9.17) is 10.8 Å². The molecule has 0 aromatic carbocycles. The van der Waals surface area contributed by atoms with Crippen LogP contribution in [0.3, 0.4) is 0 Å². The number of aliphatic carboxylic acids is 1. The molecule has 0 bridgehead atoms. The summed E-state index contributed by atoms with van der Waals surface area (Å²) in [7, 11) is -5.05. The topological polar surface area (TPSA) is 391 Å². The van der Waals surface area contributed by atoms with Gasteiger partial charge < -0.3 is 43.8 Å².